The number of nitrogen functional groups attached to an aromatic ring is 1. The van der Waals surface area contributed by atoms with Gasteiger partial charge in [0.2, 0.25) is 11.6 Å². The minimum absolute atomic E-state index is 0.256. The molecule has 2 aromatic rings. The molecule has 0 radical (unpaired) electrons. The summed E-state index contributed by atoms with van der Waals surface area (Å²) in [6.07, 6.45) is 2.02. The quantitative estimate of drug-likeness (QED) is 0.696. The summed E-state index contributed by atoms with van der Waals surface area (Å²) >= 11 is 0. The number of fused-ring (bicyclic) bond motifs is 5. The van der Waals surface area contributed by atoms with Crippen molar-refractivity contribution in [3.63, 3.8) is 0 Å². The van der Waals surface area contributed by atoms with Crippen LogP contribution in [0.2, 0.25) is 0 Å². The molecular weight excluding hydrogens is 302 g/mol. The second-order valence-electron chi connectivity index (χ2n) is 7.11. The van der Waals surface area contributed by atoms with E-state index in [1.54, 1.807) is 0 Å². The topological polar surface area (TPSA) is 73.4 Å². The number of aromatic nitrogens is 2. The van der Waals surface area contributed by atoms with Crippen LogP contribution in [0.25, 0.3) is 0 Å². The van der Waals surface area contributed by atoms with Gasteiger partial charge in [0.15, 0.2) is 18.4 Å². The van der Waals surface area contributed by atoms with Crippen molar-refractivity contribution in [2.45, 2.75) is 32.5 Å². The van der Waals surface area contributed by atoms with E-state index in [4.69, 9.17) is 10.5 Å². The van der Waals surface area contributed by atoms with Crippen molar-refractivity contribution in [3.05, 3.63) is 35.9 Å². The van der Waals surface area contributed by atoms with Crippen LogP contribution in [0.15, 0.2) is 35.3 Å². The molecule has 122 valence electrons. The van der Waals surface area contributed by atoms with Crippen LogP contribution in [0.4, 0.5) is 17.5 Å². The molecule has 1 spiro atoms. The first-order chi connectivity index (χ1) is 11.6. The Bertz CT molecular complexity index is 836. The number of hydrogen-bond donors (Lipinski definition) is 1. The number of hydrogen-bond acceptors (Lipinski definition) is 5. The first-order valence-electron chi connectivity index (χ1n) is 8.41. The number of nitrogens with two attached hydrogens (primary N) is 1. The average molecular weight is 322 g/mol. The van der Waals surface area contributed by atoms with Crippen molar-refractivity contribution in [1.29, 1.82) is 0 Å². The molecule has 0 bridgehead atoms. The normalized spacial score (nSPS) is 34.6. The highest BCUT2D eigenvalue weighted by molar-refractivity contribution is 5.94. The van der Waals surface area contributed by atoms with E-state index in [0.29, 0.717) is 36.4 Å². The van der Waals surface area contributed by atoms with Crippen molar-refractivity contribution >= 4 is 23.8 Å². The Kier molecular flexibility index (Phi) is 2.63. The summed E-state index contributed by atoms with van der Waals surface area (Å²) < 4.78 is 6.67. The van der Waals surface area contributed by atoms with Gasteiger partial charge in [-0.15, -0.1) is 0 Å². The van der Waals surface area contributed by atoms with Gasteiger partial charge in [-0.3, -0.25) is 0 Å². The molecule has 2 aliphatic heterocycles. The minimum Gasteiger partial charge on any atom is -0.471 e. The molecule has 1 aliphatic carbocycles. The molecule has 4 atom stereocenters. The lowest BCUT2D eigenvalue weighted by Gasteiger charge is -2.19. The summed E-state index contributed by atoms with van der Waals surface area (Å²) in [5.74, 6) is 3.01. The molecule has 24 heavy (non-hydrogen) atoms. The zero-order valence-corrected chi connectivity index (χ0v) is 13.8. The van der Waals surface area contributed by atoms with Gasteiger partial charge in [0, 0.05) is 11.8 Å². The summed E-state index contributed by atoms with van der Waals surface area (Å²) in [5.41, 5.74) is 7.79. The summed E-state index contributed by atoms with van der Waals surface area (Å²) in [6.45, 7) is 5.06. The van der Waals surface area contributed by atoms with E-state index >= 15 is 0 Å². The van der Waals surface area contributed by atoms with E-state index in [0.717, 1.165) is 21.6 Å². The molecule has 3 heterocycles. The first-order valence-corrected chi connectivity index (χ1v) is 8.41. The van der Waals surface area contributed by atoms with Crippen molar-refractivity contribution in [2.24, 2.45) is 16.8 Å². The van der Waals surface area contributed by atoms with Crippen LogP contribution >= 0.6 is 0 Å². The predicted octanol–water partition coefficient (Wildman–Crippen LogP) is 2.66. The molecule has 2 fully saturated rings. The lowest BCUT2D eigenvalue weighted by molar-refractivity contribution is 0.290. The zero-order chi connectivity index (χ0) is 16.5. The monoisotopic (exact) mass is 322 g/mol. The highest BCUT2D eigenvalue weighted by atomic mass is 16.5. The Morgan fingerprint density at radius 1 is 1.08 bits per heavy atom. The van der Waals surface area contributed by atoms with E-state index < -0.39 is 0 Å². The van der Waals surface area contributed by atoms with Crippen LogP contribution in [0.3, 0.4) is 0 Å². The maximum absolute atomic E-state index is 5.96. The third kappa shape index (κ3) is 1.61. The van der Waals surface area contributed by atoms with Gasteiger partial charge >= 0.3 is 0 Å². The van der Waals surface area contributed by atoms with Gasteiger partial charge in [-0.2, -0.15) is 15.0 Å². The fraction of sp³-hybridized carbons (Fsp3) is 0.389. The summed E-state index contributed by atoms with van der Waals surface area (Å²) in [4.78, 5) is 13.4. The van der Waals surface area contributed by atoms with Gasteiger partial charge in [0.05, 0.1) is 0 Å². The Hall–Kier alpha value is -2.47. The smallest absolute Gasteiger partial charge is 0.269 e. The van der Waals surface area contributed by atoms with E-state index in [-0.39, 0.29) is 5.95 Å². The molecule has 3 aliphatic rings. The standard InChI is InChI=1S/C18H20N5O/c1-10-11(2)15-14(10)23(15)9-20-13-16(23)21-18(19)22-17(13)24-8-12-6-4-3-5-7-12/h3-7,9-11,14-15H,8H2,1-2H3,(H2,19,21,22)/q+1. The van der Waals surface area contributed by atoms with E-state index in [1.807, 2.05) is 36.7 Å². The first kappa shape index (κ1) is 13.9. The van der Waals surface area contributed by atoms with Crippen LogP contribution in [0.5, 0.6) is 5.88 Å². The molecule has 4 unspecified atom stereocenters. The molecule has 0 amide bonds. The number of quaternary nitrogens is 1. The number of ether oxygens (including phenoxy) is 1. The van der Waals surface area contributed by atoms with Crippen molar-refractivity contribution in [1.82, 2.24) is 14.5 Å². The molecule has 5 rings (SSSR count). The number of rotatable bonds is 3. The average Bonchev–Trinajstić information content (AvgIpc) is 3.09. The number of anilines is 1. The summed E-state index contributed by atoms with van der Waals surface area (Å²) in [7, 11) is 0. The lowest BCUT2D eigenvalue weighted by Crippen LogP contribution is -2.31. The molecule has 6 nitrogen and oxygen atoms in total. The predicted molar refractivity (Wildman–Crippen MR) is 93.1 cm³/mol. The fourth-order valence-corrected chi connectivity index (χ4v) is 4.58. The molecule has 1 aromatic carbocycles. The fourth-order valence-electron chi connectivity index (χ4n) is 4.58. The van der Waals surface area contributed by atoms with Gasteiger partial charge in [0.25, 0.3) is 11.7 Å². The number of aliphatic imine (C=N–C) groups is 1. The maximum Gasteiger partial charge on any atom is 0.269 e. The Morgan fingerprint density at radius 2 is 1.79 bits per heavy atom. The van der Waals surface area contributed by atoms with Crippen LogP contribution in [-0.2, 0) is 6.61 Å². The highest BCUT2D eigenvalue weighted by Gasteiger charge is 2.82. The van der Waals surface area contributed by atoms with Gasteiger partial charge < -0.3 is 10.5 Å². The lowest BCUT2D eigenvalue weighted by atomic mass is 9.77. The van der Waals surface area contributed by atoms with Crippen LogP contribution < -0.4 is 15.0 Å². The largest absolute Gasteiger partial charge is 0.471 e. The van der Waals surface area contributed by atoms with Gasteiger partial charge in [0.1, 0.15) is 6.61 Å². The number of nitrogens with zero attached hydrogens (tertiary/aromatic N) is 4. The van der Waals surface area contributed by atoms with E-state index in [2.05, 4.69) is 28.8 Å². The summed E-state index contributed by atoms with van der Waals surface area (Å²) in [6, 6.07) is 11.2. The maximum atomic E-state index is 5.96. The second kappa shape index (κ2) is 4.54. The Morgan fingerprint density at radius 3 is 2.50 bits per heavy atom. The molecule has 1 aromatic heterocycles. The third-order valence-electron chi connectivity index (χ3n) is 5.97. The minimum atomic E-state index is 0.256. The molecule has 1 saturated carbocycles. The van der Waals surface area contributed by atoms with Crippen molar-refractivity contribution in [2.75, 3.05) is 5.73 Å². The molecule has 1 saturated heterocycles. The van der Waals surface area contributed by atoms with E-state index in [1.165, 1.54) is 0 Å². The second-order valence-corrected chi connectivity index (χ2v) is 7.11. The van der Waals surface area contributed by atoms with Gasteiger partial charge in [-0.1, -0.05) is 44.2 Å². The zero-order valence-electron chi connectivity index (χ0n) is 13.8. The van der Waals surface area contributed by atoms with Crippen LogP contribution in [0, 0.1) is 11.8 Å². The van der Waals surface area contributed by atoms with Crippen molar-refractivity contribution in [3.8, 4) is 5.88 Å². The SMILES string of the molecule is CC1C(C)C2C1[N+]21C=Nc2c(OCc3ccccc3)nc(N)nc21. The highest BCUT2D eigenvalue weighted by Crippen LogP contribution is 2.65. The Balaban J connectivity index is 1.48. The molecule has 6 heteroatoms. The molecular formula is C18H20N5O+. The molecule has 2 N–H and O–H groups in total. The third-order valence-corrected chi connectivity index (χ3v) is 5.97. The Labute approximate surface area is 140 Å². The van der Waals surface area contributed by atoms with Crippen LogP contribution in [0.1, 0.15) is 19.4 Å². The summed E-state index contributed by atoms with van der Waals surface area (Å²) in [5, 5.41) is 0. The van der Waals surface area contributed by atoms with Crippen LogP contribution in [-0.4, -0.2) is 28.4 Å². The number of benzene rings is 1. The van der Waals surface area contributed by atoms with Gasteiger partial charge in [-0.05, 0) is 5.56 Å². The van der Waals surface area contributed by atoms with E-state index in [9.17, 15) is 0 Å². The van der Waals surface area contributed by atoms with Crippen molar-refractivity contribution < 1.29 is 4.74 Å². The van der Waals surface area contributed by atoms with Gasteiger partial charge in [-0.25, -0.2) is 4.48 Å².